The highest BCUT2D eigenvalue weighted by molar-refractivity contribution is 5.92. The predicted molar refractivity (Wildman–Crippen MR) is 128 cm³/mol. The Kier molecular flexibility index (Phi) is 7.38. The molecule has 0 aliphatic carbocycles. The van der Waals surface area contributed by atoms with Crippen molar-refractivity contribution in [1.82, 2.24) is 4.98 Å². The van der Waals surface area contributed by atoms with Gasteiger partial charge in [0.15, 0.2) is 0 Å². The first-order chi connectivity index (χ1) is 15.7. The number of anilines is 2. The molecular formula is C26H29N3O3. The molecular weight excluding hydrogens is 402 g/mol. The van der Waals surface area contributed by atoms with Crippen LogP contribution in [-0.4, -0.2) is 25.3 Å². The van der Waals surface area contributed by atoms with Gasteiger partial charge in [-0.2, -0.15) is 0 Å². The van der Waals surface area contributed by atoms with Gasteiger partial charge >= 0.3 is 0 Å². The molecule has 2 heterocycles. The fourth-order valence-electron chi connectivity index (χ4n) is 3.52. The highest BCUT2D eigenvalue weighted by Gasteiger charge is 2.05. The van der Waals surface area contributed by atoms with E-state index >= 15 is 0 Å². The summed E-state index contributed by atoms with van der Waals surface area (Å²) in [6.45, 7) is 5.07. The molecule has 0 aliphatic rings. The van der Waals surface area contributed by atoms with Gasteiger partial charge in [-0.15, -0.1) is 0 Å². The quantitative estimate of drug-likeness (QED) is 0.305. The van der Waals surface area contributed by atoms with Crippen LogP contribution >= 0.6 is 0 Å². The summed E-state index contributed by atoms with van der Waals surface area (Å²) in [6.07, 6.45) is 0. The van der Waals surface area contributed by atoms with Crippen LogP contribution in [0.5, 0.6) is 0 Å². The van der Waals surface area contributed by atoms with Crippen LogP contribution < -0.4 is 10.6 Å². The van der Waals surface area contributed by atoms with Gasteiger partial charge in [0.1, 0.15) is 17.3 Å². The van der Waals surface area contributed by atoms with E-state index in [0.717, 1.165) is 46.0 Å². The van der Waals surface area contributed by atoms with Crippen molar-refractivity contribution in [3.8, 4) is 0 Å². The summed E-state index contributed by atoms with van der Waals surface area (Å²) in [7, 11) is 1.68. The van der Waals surface area contributed by atoms with Gasteiger partial charge in [-0.05, 0) is 54.4 Å². The second-order valence-corrected chi connectivity index (χ2v) is 7.65. The highest BCUT2D eigenvalue weighted by atomic mass is 16.5. The number of aryl methyl sites for hydroxylation is 1. The van der Waals surface area contributed by atoms with Crippen molar-refractivity contribution in [3.05, 3.63) is 89.4 Å². The summed E-state index contributed by atoms with van der Waals surface area (Å²) in [5, 5.41) is 7.97. The minimum atomic E-state index is 0.586. The second kappa shape index (κ2) is 10.8. The third kappa shape index (κ3) is 5.87. The van der Waals surface area contributed by atoms with Crippen molar-refractivity contribution in [2.24, 2.45) is 0 Å². The molecule has 0 unspecified atom stereocenters. The van der Waals surface area contributed by atoms with Crippen molar-refractivity contribution in [3.63, 3.8) is 0 Å². The molecule has 0 bridgehead atoms. The van der Waals surface area contributed by atoms with E-state index in [1.165, 1.54) is 5.56 Å². The first kappa shape index (κ1) is 21.9. The van der Waals surface area contributed by atoms with E-state index in [9.17, 15) is 0 Å². The average Bonchev–Trinajstić information content (AvgIpc) is 3.24. The molecule has 0 saturated carbocycles. The maximum Gasteiger partial charge on any atom is 0.127 e. The topological polar surface area (TPSA) is 68.6 Å². The van der Waals surface area contributed by atoms with Gasteiger partial charge in [0.25, 0.3) is 0 Å². The summed E-state index contributed by atoms with van der Waals surface area (Å²) in [6, 6.07) is 22.6. The van der Waals surface area contributed by atoms with Gasteiger partial charge in [-0.3, -0.25) is 0 Å². The van der Waals surface area contributed by atoms with Crippen LogP contribution in [0.3, 0.4) is 0 Å². The van der Waals surface area contributed by atoms with E-state index in [1.54, 1.807) is 7.11 Å². The number of aromatic nitrogens is 1. The summed E-state index contributed by atoms with van der Waals surface area (Å²) < 4.78 is 16.3. The molecule has 6 nitrogen and oxygen atoms in total. The Morgan fingerprint density at radius 1 is 0.875 bits per heavy atom. The largest absolute Gasteiger partial charge is 0.465 e. The van der Waals surface area contributed by atoms with Gasteiger partial charge in [-0.25, -0.2) is 4.98 Å². The van der Waals surface area contributed by atoms with E-state index in [-0.39, 0.29) is 0 Å². The van der Waals surface area contributed by atoms with E-state index in [1.807, 2.05) is 37.3 Å². The van der Waals surface area contributed by atoms with Gasteiger partial charge in [0.2, 0.25) is 0 Å². The lowest BCUT2D eigenvalue weighted by Crippen LogP contribution is -2.04. The number of ether oxygens (including phenoxy) is 2. The number of rotatable bonds is 11. The third-order valence-electron chi connectivity index (χ3n) is 5.15. The highest BCUT2D eigenvalue weighted by Crippen LogP contribution is 2.24. The molecule has 4 rings (SSSR count). The first-order valence-electron chi connectivity index (χ1n) is 10.8. The number of nitrogens with one attached hydrogen (secondary N) is 2. The molecule has 6 heteroatoms. The Morgan fingerprint density at radius 2 is 1.75 bits per heavy atom. The molecule has 2 aromatic heterocycles. The number of nitrogens with zero attached hydrogens (tertiary/aromatic N) is 1. The number of furan rings is 1. The van der Waals surface area contributed by atoms with Crippen LogP contribution in [0.1, 0.15) is 22.6 Å². The van der Waals surface area contributed by atoms with Crippen LogP contribution in [0, 0.1) is 6.92 Å². The van der Waals surface area contributed by atoms with E-state index in [2.05, 4.69) is 47.0 Å². The normalized spacial score (nSPS) is 11.1. The Hall–Kier alpha value is -3.35. The number of methoxy groups -OCH3 is 1. The minimum absolute atomic E-state index is 0.586. The summed E-state index contributed by atoms with van der Waals surface area (Å²) in [5.41, 5.74) is 4.36. The molecule has 0 spiro atoms. The van der Waals surface area contributed by atoms with Crippen LogP contribution in [0.4, 0.5) is 11.5 Å². The van der Waals surface area contributed by atoms with E-state index in [4.69, 9.17) is 18.9 Å². The first-order valence-corrected chi connectivity index (χ1v) is 10.8. The predicted octanol–water partition coefficient (Wildman–Crippen LogP) is 5.52. The molecule has 0 atom stereocenters. The maximum absolute atomic E-state index is 5.63. The van der Waals surface area contributed by atoms with Crippen molar-refractivity contribution in [1.29, 1.82) is 0 Å². The Labute approximate surface area is 188 Å². The minimum Gasteiger partial charge on any atom is -0.465 e. The van der Waals surface area contributed by atoms with Gasteiger partial charge in [-0.1, -0.05) is 30.3 Å². The lowest BCUT2D eigenvalue weighted by molar-refractivity contribution is 0.0616. The zero-order valence-corrected chi connectivity index (χ0v) is 18.6. The fraction of sp³-hybridized carbons (Fsp3) is 0.269. The molecule has 2 N–H and O–H groups in total. The number of pyridine rings is 1. The van der Waals surface area contributed by atoms with Gasteiger partial charge in [0, 0.05) is 24.7 Å². The Balaban J connectivity index is 1.39. The number of fused-ring (bicyclic) bond motifs is 1. The summed E-state index contributed by atoms with van der Waals surface area (Å²) >= 11 is 0. The molecule has 32 heavy (non-hydrogen) atoms. The average molecular weight is 432 g/mol. The van der Waals surface area contributed by atoms with Gasteiger partial charge in [0.05, 0.1) is 31.9 Å². The number of hydrogen-bond donors (Lipinski definition) is 2. The second-order valence-electron chi connectivity index (χ2n) is 7.65. The maximum atomic E-state index is 5.63. The SMILES string of the molecule is COCCOCc1cccc(CNc2cccc3nc(NCc4ccc(C)o4)ccc23)c1. The van der Waals surface area contributed by atoms with Crippen LogP contribution in [0.25, 0.3) is 10.9 Å². The fourth-order valence-corrected chi connectivity index (χ4v) is 3.52. The van der Waals surface area contributed by atoms with E-state index in [0.29, 0.717) is 26.4 Å². The molecule has 0 fully saturated rings. The van der Waals surface area contributed by atoms with E-state index < -0.39 is 0 Å². The smallest absolute Gasteiger partial charge is 0.127 e. The van der Waals surface area contributed by atoms with Crippen LogP contribution in [-0.2, 0) is 29.2 Å². The zero-order valence-electron chi connectivity index (χ0n) is 18.6. The summed E-state index contributed by atoms with van der Waals surface area (Å²) in [4.78, 5) is 4.76. The van der Waals surface area contributed by atoms with Crippen LogP contribution in [0.2, 0.25) is 0 Å². The monoisotopic (exact) mass is 431 g/mol. The third-order valence-corrected chi connectivity index (χ3v) is 5.15. The molecule has 0 amide bonds. The van der Waals surface area contributed by atoms with Crippen molar-refractivity contribution in [2.45, 2.75) is 26.6 Å². The van der Waals surface area contributed by atoms with Crippen molar-refractivity contribution >= 4 is 22.4 Å². The van der Waals surface area contributed by atoms with Crippen molar-refractivity contribution < 1.29 is 13.9 Å². The van der Waals surface area contributed by atoms with Crippen molar-refractivity contribution in [2.75, 3.05) is 31.0 Å². The standard InChI is InChI=1S/C26H29N3O3/c1-19-9-10-22(32-19)17-28-26-12-11-23-24(7-4-8-25(23)29-26)27-16-20-5-3-6-21(15-20)18-31-14-13-30-2/h3-12,15,27H,13-14,16-18H2,1-2H3,(H,28,29). The molecule has 2 aromatic carbocycles. The molecule has 4 aromatic rings. The zero-order chi connectivity index (χ0) is 22.2. The lowest BCUT2D eigenvalue weighted by atomic mass is 10.1. The molecule has 166 valence electrons. The molecule has 0 radical (unpaired) electrons. The lowest BCUT2D eigenvalue weighted by Gasteiger charge is -2.12. The van der Waals surface area contributed by atoms with Crippen LogP contribution in [0.15, 0.2) is 71.1 Å². The Morgan fingerprint density at radius 3 is 2.59 bits per heavy atom. The number of benzene rings is 2. The molecule has 0 saturated heterocycles. The van der Waals surface area contributed by atoms with Gasteiger partial charge < -0.3 is 24.5 Å². The Bertz CT molecular complexity index is 1160. The summed E-state index contributed by atoms with van der Waals surface area (Å²) in [5.74, 6) is 2.63. The number of hydrogen-bond acceptors (Lipinski definition) is 6. The molecule has 0 aliphatic heterocycles.